The van der Waals surface area contributed by atoms with E-state index in [0.717, 1.165) is 17.5 Å². The second-order valence-corrected chi connectivity index (χ2v) is 5.90. The number of hydrogen-bond donors (Lipinski definition) is 0. The highest BCUT2D eigenvalue weighted by molar-refractivity contribution is 9.10. The van der Waals surface area contributed by atoms with Gasteiger partial charge in [0.15, 0.2) is 0 Å². The summed E-state index contributed by atoms with van der Waals surface area (Å²) in [6, 6.07) is 12.7. The van der Waals surface area contributed by atoms with Crippen molar-refractivity contribution in [1.82, 2.24) is 0 Å². The van der Waals surface area contributed by atoms with Crippen molar-refractivity contribution in [3.05, 3.63) is 68.9 Å². The van der Waals surface area contributed by atoms with Crippen molar-refractivity contribution >= 4 is 39.1 Å². The molecule has 2 aromatic rings. The first-order chi connectivity index (χ1) is 9.11. The fourth-order valence-corrected chi connectivity index (χ4v) is 3.00. The topological polar surface area (TPSA) is 0 Å². The van der Waals surface area contributed by atoms with Crippen molar-refractivity contribution in [2.75, 3.05) is 5.88 Å². The molecular weight excluding hydrogens is 350 g/mol. The molecule has 0 aromatic heterocycles. The first-order valence-electron chi connectivity index (χ1n) is 5.86. The summed E-state index contributed by atoms with van der Waals surface area (Å²) in [5.74, 6) is 0.329. The van der Waals surface area contributed by atoms with Crippen molar-refractivity contribution in [2.45, 2.75) is 12.3 Å². The molecule has 1 atom stereocenters. The summed E-state index contributed by atoms with van der Waals surface area (Å²) in [6.07, 6.45) is 0.728. The molecule has 1 unspecified atom stereocenters. The van der Waals surface area contributed by atoms with Gasteiger partial charge < -0.3 is 0 Å². The smallest absolute Gasteiger partial charge is 0.137 e. The number of halogens is 4. The Balaban J connectivity index is 2.24. The molecule has 2 rings (SSSR count). The van der Waals surface area contributed by atoms with Crippen LogP contribution in [0, 0.1) is 5.82 Å². The van der Waals surface area contributed by atoms with E-state index in [2.05, 4.69) is 15.9 Å². The Hall–Kier alpha value is -0.570. The Labute approximate surface area is 130 Å². The molecule has 0 aliphatic heterocycles. The SMILES string of the molecule is Fc1ccc(CC(CCl)c2ccccc2Cl)cc1Br. The van der Waals surface area contributed by atoms with Gasteiger partial charge >= 0.3 is 0 Å². The van der Waals surface area contributed by atoms with Crippen LogP contribution in [0.3, 0.4) is 0 Å². The van der Waals surface area contributed by atoms with Crippen LogP contribution in [0.4, 0.5) is 4.39 Å². The van der Waals surface area contributed by atoms with Crippen LogP contribution in [-0.2, 0) is 6.42 Å². The lowest BCUT2D eigenvalue weighted by atomic mass is 9.93. The molecule has 0 spiro atoms. The van der Waals surface area contributed by atoms with Gasteiger partial charge in [0.2, 0.25) is 0 Å². The number of rotatable bonds is 4. The highest BCUT2D eigenvalue weighted by Gasteiger charge is 2.15. The van der Waals surface area contributed by atoms with E-state index in [-0.39, 0.29) is 11.7 Å². The van der Waals surface area contributed by atoms with Gasteiger partial charge in [0, 0.05) is 16.8 Å². The van der Waals surface area contributed by atoms with Gasteiger partial charge in [-0.05, 0) is 51.7 Å². The minimum atomic E-state index is -0.260. The zero-order valence-electron chi connectivity index (χ0n) is 10.0. The largest absolute Gasteiger partial charge is 0.206 e. The van der Waals surface area contributed by atoms with Gasteiger partial charge in [-0.25, -0.2) is 4.39 Å². The minimum absolute atomic E-state index is 0.118. The maximum atomic E-state index is 13.2. The molecule has 100 valence electrons. The van der Waals surface area contributed by atoms with Gasteiger partial charge in [0.05, 0.1) is 4.47 Å². The number of hydrogen-bond acceptors (Lipinski definition) is 0. The number of benzene rings is 2. The molecule has 0 nitrogen and oxygen atoms in total. The summed E-state index contributed by atoms with van der Waals surface area (Å²) >= 11 is 15.4. The van der Waals surface area contributed by atoms with Crippen LogP contribution in [0.2, 0.25) is 5.02 Å². The summed E-state index contributed by atoms with van der Waals surface area (Å²) in [4.78, 5) is 0. The second-order valence-electron chi connectivity index (χ2n) is 4.33. The average Bonchev–Trinajstić information content (AvgIpc) is 2.41. The first-order valence-corrected chi connectivity index (χ1v) is 7.56. The Morgan fingerprint density at radius 2 is 1.89 bits per heavy atom. The van der Waals surface area contributed by atoms with Crippen LogP contribution in [0.25, 0.3) is 0 Å². The first kappa shape index (κ1) is 14.8. The van der Waals surface area contributed by atoms with E-state index in [0.29, 0.717) is 15.4 Å². The van der Waals surface area contributed by atoms with E-state index in [4.69, 9.17) is 23.2 Å². The molecule has 0 saturated heterocycles. The summed E-state index contributed by atoms with van der Waals surface area (Å²) in [7, 11) is 0. The molecule has 0 bridgehead atoms. The summed E-state index contributed by atoms with van der Waals surface area (Å²) < 4.78 is 13.7. The van der Waals surface area contributed by atoms with Crippen molar-refractivity contribution in [1.29, 1.82) is 0 Å². The van der Waals surface area contributed by atoms with Crippen LogP contribution < -0.4 is 0 Å². The van der Waals surface area contributed by atoms with E-state index in [1.807, 2.05) is 24.3 Å². The van der Waals surface area contributed by atoms with Gasteiger partial charge in [-0.1, -0.05) is 35.9 Å². The average molecular weight is 362 g/mol. The van der Waals surface area contributed by atoms with Crippen molar-refractivity contribution < 1.29 is 4.39 Å². The lowest BCUT2D eigenvalue weighted by molar-refractivity contribution is 0.619. The highest BCUT2D eigenvalue weighted by Crippen LogP contribution is 2.29. The van der Waals surface area contributed by atoms with E-state index in [1.54, 1.807) is 12.1 Å². The van der Waals surface area contributed by atoms with Crippen LogP contribution in [0.15, 0.2) is 46.9 Å². The molecule has 0 saturated carbocycles. The molecule has 0 aliphatic carbocycles. The highest BCUT2D eigenvalue weighted by atomic mass is 79.9. The predicted octanol–water partition coefficient (Wildman–Crippen LogP) is 5.81. The molecule has 0 N–H and O–H groups in total. The molecular formula is C15H12BrCl2F. The molecule has 0 aliphatic rings. The third kappa shape index (κ3) is 3.71. The van der Waals surface area contributed by atoms with Gasteiger partial charge in [-0.3, -0.25) is 0 Å². The molecule has 4 heteroatoms. The minimum Gasteiger partial charge on any atom is -0.206 e. The molecule has 0 fully saturated rings. The fraction of sp³-hybridized carbons (Fsp3) is 0.200. The van der Waals surface area contributed by atoms with E-state index in [9.17, 15) is 4.39 Å². The quantitative estimate of drug-likeness (QED) is 0.603. The Morgan fingerprint density at radius 3 is 2.53 bits per heavy atom. The zero-order valence-corrected chi connectivity index (χ0v) is 13.1. The van der Waals surface area contributed by atoms with E-state index >= 15 is 0 Å². The number of alkyl halides is 1. The lowest BCUT2D eigenvalue weighted by Gasteiger charge is -2.16. The van der Waals surface area contributed by atoms with Crippen LogP contribution in [0.1, 0.15) is 17.0 Å². The Kier molecular flexibility index (Phi) is 5.26. The Bertz CT molecular complexity index is 572. The van der Waals surface area contributed by atoms with Gasteiger partial charge in [0.25, 0.3) is 0 Å². The van der Waals surface area contributed by atoms with Gasteiger partial charge in [-0.2, -0.15) is 0 Å². The van der Waals surface area contributed by atoms with E-state index < -0.39 is 0 Å². The maximum Gasteiger partial charge on any atom is 0.137 e. The van der Waals surface area contributed by atoms with Crippen molar-refractivity contribution in [2.24, 2.45) is 0 Å². The van der Waals surface area contributed by atoms with Gasteiger partial charge in [0.1, 0.15) is 5.82 Å². The van der Waals surface area contributed by atoms with Crippen LogP contribution in [-0.4, -0.2) is 5.88 Å². The third-order valence-electron chi connectivity index (χ3n) is 3.00. The summed E-state index contributed by atoms with van der Waals surface area (Å²) in [5, 5.41) is 0.717. The lowest BCUT2D eigenvalue weighted by Crippen LogP contribution is -2.05. The molecule has 0 radical (unpaired) electrons. The molecule has 0 heterocycles. The van der Waals surface area contributed by atoms with Crippen molar-refractivity contribution in [3.63, 3.8) is 0 Å². The third-order valence-corrected chi connectivity index (χ3v) is 4.32. The van der Waals surface area contributed by atoms with Gasteiger partial charge in [-0.15, -0.1) is 11.6 Å². The molecule has 19 heavy (non-hydrogen) atoms. The standard InChI is InChI=1S/C15H12BrCl2F/c16-13-8-10(5-6-15(13)19)7-11(9-17)12-3-1-2-4-14(12)18/h1-6,8,11H,7,9H2. The molecule has 0 amide bonds. The summed E-state index contributed by atoms with van der Waals surface area (Å²) in [5.41, 5.74) is 2.05. The second kappa shape index (κ2) is 6.74. The fourth-order valence-electron chi connectivity index (χ4n) is 2.00. The van der Waals surface area contributed by atoms with Crippen molar-refractivity contribution in [3.8, 4) is 0 Å². The predicted molar refractivity (Wildman–Crippen MR) is 82.7 cm³/mol. The van der Waals surface area contributed by atoms with Crippen LogP contribution >= 0.6 is 39.1 Å². The monoisotopic (exact) mass is 360 g/mol. The molecule has 2 aromatic carbocycles. The van der Waals surface area contributed by atoms with Crippen LogP contribution in [0.5, 0.6) is 0 Å². The normalized spacial score (nSPS) is 12.4. The van der Waals surface area contributed by atoms with E-state index in [1.165, 1.54) is 6.07 Å². The Morgan fingerprint density at radius 1 is 1.16 bits per heavy atom. The zero-order chi connectivity index (χ0) is 13.8. The summed E-state index contributed by atoms with van der Waals surface area (Å²) in [6.45, 7) is 0. The maximum absolute atomic E-state index is 13.2.